The Kier molecular flexibility index (Phi) is 4.28. The van der Waals surface area contributed by atoms with Crippen LogP contribution in [0.5, 0.6) is 0 Å². The first kappa shape index (κ1) is 11.4. The fourth-order valence-electron chi connectivity index (χ4n) is 1.24. The molecule has 1 aromatic heterocycles. The van der Waals surface area contributed by atoms with Crippen molar-refractivity contribution in [1.82, 2.24) is 14.9 Å². The van der Waals surface area contributed by atoms with E-state index in [4.69, 9.17) is 0 Å². The van der Waals surface area contributed by atoms with Gasteiger partial charge in [-0.3, -0.25) is 4.21 Å². The van der Waals surface area contributed by atoms with Crippen molar-refractivity contribution in [2.24, 2.45) is 7.05 Å². The number of imidazole rings is 1. The third-order valence-corrected chi connectivity index (χ3v) is 2.98. The van der Waals surface area contributed by atoms with Crippen molar-refractivity contribution in [3.05, 3.63) is 18.2 Å². The lowest BCUT2D eigenvalue weighted by Gasteiger charge is -2.11. The third-order valence-electron chi connectivity index (χ3n) is 2.01. The molecule has 4 nitrogen and oxygen atoms in total. The average Bonchev–Trinajstić information content (AvgIpc) is 2.46. The van der Waals surface area contributed by atoms with Crippen LogP contribution >= 0.6 is 0 Å². The van der Waals surface area contributed by atoms with Gasteiger partial charge < -0.3 is 9.88 Å². The summed E-state index contributed by atoms with van der Waals surface area (Å²) in [4.78, 5) is 4.19. The van der Waals surface area contributed by atoms with E-state index in [0.29, 0.717) is 5.75 Å². The van der Waals surface area contributed by atoms with Gasteiger partial charge in [-0.05, 0) is 6.92 Å². The Hall–Kier alpha value is -0.680. The Morgan fingerprint density at radius 2 is 2.43 bits per heavy atom. The van der Waals surface area contributed by atoms with Crippen LogP contribution in [0.4, 0.5) is 0 Å². The van der Waals surface area contributed by atoms with E-state index in [1.165, 1.54) is 0 Å². The van der Waals surface area contributed by atoms with Gasteiger partial charge in [0.1, 0.15) is 5.82 Å². The molecule has 1 N–H and O–H groups in total. The molecule has 2 unspecified atom stereocenters. The van der Waals surface area contributed by atoms with Crippen LogP contribution in [0.2, 0.25) is 0 Å². The molecule has 14 heavy (non-hydrogen) atoms. The molecule has 5 heteroatoms. The van der Waals surface area contributed by atoms with Crippen LogP contribution in [0, 0.1) is 0 Å². The minimum Gasteiger partial charge on any atom is -0.337 e. The normalized spacial score (nSPS) is 15.4. The van der Waals surface area contributed by atoms with Crippen LogP contribution in [0.1, 0.15) is 12.7 Å². The highest BCUT2D eigenvalue weighted by atomic mass is 32.2. The first-order chi connectivity index (χ1) is 6.59. The van der Waals surface area contributed by atoms with Crippen LogP contribution in [0.15, 0.2) is 12.4 Å². The quantitative estimate of drug-likeness (QED) is 0.767. The molecule has 0 aliphatic rings. The molecule has 0 spiro atoms. The van der Waals surface area contributed by atoms with Gasteiger partial charge in [-0.2, -0.15) is 0 Å². The monoisotopic (exact) mass is 215 g/mol. The number of nitrogens with one attached hydrogen (secondary N) is 1. The largest absolute Gasteiger partial charge is 0.337 e. The molecule has 0 aliphatic heterocycles. The van der Waals surface area contributed by atoms with Crippen molar-refractivity contribution in [1.29, 1.82) is 0 Å². The lowest BCUT2D eigenvalue weighted by Crippen LogP contribution is -2.31. The molecule has 0 fully saturated rings. The molecular formula is C9H17N3OS. The highest BCUT2D eigenvalue weighted by Crippen LogP contribution is 1.94. The summed E-state index contributed by atoms with van der Waals surface area (Å²) >= 11 is 0. The van der Waals surface area contributed by atoms with Gasteiger partial charge in [-0.25, -0.2) is 4.98 Å². The van der Waals surface area contributed by atoms with Crippen molar-refractivity contribution in [2.75, 3.05) is 12.0 Å². The molecule has 0 amide bonds. The van der Waals surface area contributed by atoms with E-state index in [0.717, 1.165) is 12.4 Å². The molecule has 1 rings (SSSR count). The standard InChI is InChI=1S/C9H17N3OS/c1-8(7-14(3)13)11-6-9-10-4-5-12(9)2/h4-5,8,11H,6-7H2,1-3H3. The first-order valence-electron chi connectivity index (χ1n) is 4.59. The number of hydrogen-bond donors (Lipinski definition) is 1. The average molecular weight is 215 g/mol. The van der Waals surface area contributed by atoms with Crippen molar-refractivity contribution >= 4 is 10.8 Å². The zero-order valence-corrected chi connectivity index (χ0v) is 9.67. The van der Waals surface area contributed by atoms with E-state index in [2.05, 4.69) is 10.3 Å². The summed E-state index contributed by atoms with van der Waals surface area (Å²) in [5.41, 5.74) is 0. The van der Waals surface area contributed by atoms with Crippen LogP contribution in [-0.4, -0.2) is 31.8 Å². The SMILES string of the molecule is CC(CS(C)=O)NCc1nccn1C. The molecule has 0 aliphatic carbocycles. The van der Waals surface area contributed by atoms with E-state index in [9.17, 15) is 4.21 Å². The van der Waals surface area contributed by atoms with Gasteiger partial charge in [0.25, 0.3) is 0 Å². The van der Waals surface area contributed by atoms with Crippen LogP contribution in [-0.2, 0) is 24.4 Å². The Balaban J connectivity index is 2.34. The summed E-state index contributed by atoms with van der Waals surface area (Å²) in [5.74, 6) is 1.68. The van der Waals surface area contributed by atoms with Gasteiger partial charge >= 0.3 is 0 Å². The number of aryl methyl sites for hydroxylation is 1. The molecule has 1 aromatic rings. The number of nitrogens with zero attached hydrogens (tertiary/aromatic N) is 2. The minimum atomic E-state index is -0.739. The second-order valence-electron chi connectivity index (χ2n) is 3.48. The van der Waals surface area contributed by atoms with E-state index >= 15 is 0 Å². The lowest BCUT2D eigenvalue weighted by atomic mass is 10.4. The molecule has 0 aromatic carbocycles. The summed E-state index contributed by atoms with van der Waals surface area (Å²) in [6, 6.07) is 0.262. The van der Waals surface area contributed by atoms with Gasteiger partial charge in [-0.1, -0.05) is 0 Å². The molecule has 2 atom stereocenters. The van der Waals surface area contributed by atoms with E-state index in [1.54, 1.807) is 12.5 Å². The van der Waals surface area contributed by atoms with Gasteiger partial charge in [0, 0.05) is 48.3 Å². The van der Waals surface area contributed by atoms with Crippen molar-refractivity contribution in [2.45, 2.75) is 19.5 Å². The molecule has 0 saturated carbocycles. The van der Waals surface area contributed by atoms with E-state index in [1.807, 2.05) is 24.7 Å². The van der Waals surface area contributed by atoms with Crippen LogP contribution < -0.4 is 5.32 Å². The number of hydrogen-bond acceptors (Lipinski definition) is 3. The van der Waals surface area contributed by atoms with Gasteiger partial charge in [-0.15, -0.1) is 0 Å². The zero-order valence-electron chi connectivity index (χ0n) is 8.86. The summed E-state index contributed by atoms with van der Waals surface area (Å²) in [7, 11) is 1.23. The molecule has 80 valence electrons. The maximum absolute atomic E-state index is 10.9. The smallest absolute Gasteiger partial charge is 0.122 e. The number of rotatable bonds is 5. The Labute approximate surface area is 87.2 Å². The second-order valence-corrected chi connectivity index (χ2v) is 4.96. The zero-order chi connectivity index (χ0) is 10.6. The fourth-order valence-corrected chi connectivity index (χ4v) is 2.07. The highest BCUT2D eigenvalue weighted by molar-refractivity contribution is 7.84. The first-order valence-corrected chi connectivity index (χ1v) is 6.32. The molecule has 1 heterocycles. The summed E-state index contributed by atoms with van der Waals surface area (Å²) in [6.07, 6.45) is 5.41. The summed E-state index contributed by atoms with van der Waals surface area (Å²) < 4.78 is 12.9. The van der Waals surface area contributed by atoms with Crippen LogP contribution in [0.3, 0.4) is 0 Å². The molecule has 0 bridgehead atoms. The van der Waals surface area contributed by atoms with Crippen molar-refractivity contribution in [3.8, 4) is 0 Å². The Morgan fingerprint density at radius 1 is 1.71 bits per heavy atom. The fraction of sp³-hybridized carbons (Fsp3) is 0.667. The number of aromatic nitrogens is 2. The van der Waals surface area contributed by atoms with Crippen LogP contribution in [0.25, 0.3) is 0 Å². The molecule has 0 saturated heterocycles. The lowest BCUT2D eigenvalue weighted by molar-refractivity contribution is 0.562. The van der Waals surface area contributed by atoms with Crippen molar-refractivity contribution in [3.63, 3.8) is 0 Å². The van der Waals surface area contributed by atoms with Crippen molar-refractivity contribution < 1.29 is 4.21 Å². The summed E-state index contributed by atoms with van der Waals surface area (Å²) in [5, 5.41) is 3.28. The van der Waals surface area contributed by atoms with Gasteiger partial charge in [0.15, 0.2) is 0 Å². The molecular weight excluding hydrogens is 198 g/mol. The Morgan fingerprint density at radius 3 is 2.93 bits per heavy atom. The summed E-state index contributed by atoms with van der Waals surface area (Å²) in [6.45, 7) is 2.76. The predicted molar refractivity (Wildman–Crippen MR) is 58.4 cm³/mol. The minimum absolute atomic E-state index is 0.262. The van der Waals surface area contributed by atoms with Gasteiger partial charge in [0.2, 0.25) is 0 Å². The maximum atomic E-state index is 10.9. The topological polar surface area (TPSA) is 46.9 Å². The van der Waals surface area contributed by atoms with Gasteiger partial charge in [0.05, 0.1) is 6.54 Å². The second kappa shape index (κ2) is 5.26. The molecule has 0 radical (unpaired) electrons. The Bertz CT molecular complexity index is 311. The van der Waals surface area contributed by atoms with E-state index in [-0.39, 0.29) is 6.04 Å². The third kappa shape index (κ3) is 3.59. The highest BCUT2D eigenvalue weighted by Gasteiger charge is 2.05. The maximum Gasteiger partial charge on any atom is 0.122 e. The van der Waals surface area contributed by atoms with E-state index < -0.39 is 10.8 Å². The predicted octanol–water partition coefficient (Wildman–Crippen LogP) is 0.277.